The monoisotopic (exact) mass is 266 g/mol. The van der Waals surface area contributed by atoms with Crippen molar-refractivity contribution in [1.82, 2.24) is 0 Å². The summed E-state index contributed by atoms with van der Waals surface area (Å²) >= 11 is 0. The number of para-hydroxylation sites is 1. The first-order chi connectivity index (χ1) is 8.82. The van der Waals surface area contributed by atoms with Crippen LogP contribution in [-0.4, -0.2) is 13.1 Å². The van der Waals surface area contributed by atoms with Gasteiger partial charge in [0.2, 0.25) is 0 Å². The Kier molecular flexibility index (Phi) is 5.80. The largest absolute Gasteiger partial charge is 0.368 e. The van der Waals surface area contributed by atoms with Gasteiger partial charge in [-0.2, -0.15) is 0 Å². The Labute approximate surface area is 116 Å². The van der Waals surface area contributed by atoms with Crippen molar-refractivity contribution in [2.45, 2.75) is 40.7 Å². The van der Waals surface area contributed by atoms with Gasteiger partial charge in [0.15, 0.2) is 0 Å². The van der Waals surface area contributed by atoms with Crippen LogP contribution in [0, 0.1) is 17.7 Å². The van der Waals surface area contributed by atoms with E-state index in [1.165, 1.54) is 6.07 Å². The van der Waals surface area contributed by atoms with Crippen LogP contribution in [0.15, 0.2) is 18.2 Å². The van der Waals surface area contributed by atoms with Gasteiger partial charge in [0.25, 0.3) is 0 Å². The van der Waals surface area contributed by atoms with Crippen molar-refractivity contribution in [3.63, 3.8) is 0 Å². The molecule has 0 amide bonds. The maximum Gasteiger partial charge on any atom is 0.146 e. The molecule has 0 bridgehead atoms. The van der Waals surface area contributed by atoms with Gasteiger partial charge in [0.05, 0.1) is 5.69 Å². The van der Waals surface area contributed by atoms with Gasteiger partial charge in [-0.25, -0.2) is 4.39 Å². The van der Waals surface area contributed by atoms with Crippen LogP contribution in [0.5, 0.6) is 0 Å². The first kappa shape index (κ1) is 16.0. The molecule has 0 aliphatic carbocycles. The number of nitrogens with zero attached hydrogens (tertiary/aromatic N) is 1. The summed E-state index contributed by atoms with van der Waals surface area (Å²) in [7, 11) is 0. The zero-order valence-electron chi connectivity index (χ0n) is 12.8. The van der Waals surface area contributed by atoms with Gasteiger partial charge < -0.3 is 10.6 Å². The van der Waals surface area contributed by atoms with E-state index in [1.54, 1.807) is 6.07 Å². The third-order valence-electron chi connectivity index (χ3n) is 3.00. The average molecular weight is 266 g/mol. The van der Waals surface area contributed by atoms with E-state index in [2.05, 4.69) is 32.6 Å². The van der Waals surface area contributed by atoms with Crippen LogP contribution in [0.3, 0.4) is 0 Å². The van der Waals surface area contributed by atoms with Crippen LogP contribution in [-0.2, 0) is 0 Å². The van der Waals surface area contributed by atoms with Gasteiger partial charge >= 0.3 is 0 Å². The molecule has 2 N–H and O–H groups in total. The fourth-order valence-electron chi connectivity index (χ4n) is 2.37. The number of halogens is 1. The summed E-state index contributed by atoms with van der Waals surface area (Å²) in [5.74, 6) is 0.801. The zero-order valence-corrected chi connectivity index (χ0v) is 12.8. The van der Waals surface area contributed by atoms with Crippen molar-refractivity contribution in [2.75, 3.05) is 18.0 Å². The van der Waals surface area contributed by atoms with E-state index < -0.39 is 0 Å². The van der Waals surface area contributed by atoms with E-state index in [-0.39, 0.29) is 11.9 Å². The molecule has 0 aliphatic rings. The Bertz CT molecular complexity index is 390. The number of hydrogen-bond acceptors (Lipinski definition) is 2. The third-order valence-corrected chi connectivity index (χ3v) is 3.00. The highest BCUT2D eigenvalue weighted by molar-refractivity contribution is 5.56. The number of rotatable bonds is 6. The zero-order chi connectivity index (χ0) is 14.6. The average Bonchev–Trinajstić information content (AvgIpc) is 2.26. The second-order valence-electron chi connectivity index (χ2n) is 6.16. The Balaban J connectivity index is 3.19. The van der Waals surface area contributed by atoms with E-state index in [4.69, 9.17) is 5.73 Å². The molecule has 0 saturated carbocycles. The predicted octanol–water partition coefficient (Wildman–Crippen LogP) is 3.96. The van der Waals surface area contributed by atoms with Crippen molar-refractivity contribution in [3.05, 3.63) is 29.6 Å². The van der Waals surface area contributed by atoms with Crippen molar-refractivity contribution in [2.24, 2.45) is 17.6 Å². The van der Waals surface area contributed by atoms with Crippen LogP contribution in [0.2, 0.25) is 0 Å². The minimum Gasteiger partial charge on any atom is -0.368 e. The lowest BCUT2D eigenvalue weighted by Gasteiger charge is -2.31. The van der Waals surface area contributed by atoms with Crippen molar-refractivity contribution >= 4 is 5.69 Å². The molecule has 0 heterocycles. The van der Waals surface area contributed by atoms with Gasteiger partial charge in [0.1, 0.15) is 5.82 Å². The first-order valence-corrected chi connectivity index (χ1v) is 7.11. The topological polar surface area (TPSA) is 29.3 Å². The summed E-state index contributed by atoms with van der Waals surface area (Å²) in [4.78, 5) is 2.14. The quantitative estimate of drug-likeness (QED) is 0.844. The smallest absolute Gasteiger partial charge is 0.146 e. The summed E-state index contributed by atoms with van der Waals surface area (Å²) in [6, 6.07) is 5.03. The maximum absolute atomic E-state index is 14.3. The van der Waals surface area contributed by atoms with E-state index in [1.807, 2.05) is 13.0 Å². The Morgan fingerprint density at radius 3 is 2.00 bits per heavy atom. The minimum atomic E-state index is -0.170. The van der Waals surface area contributed by atoms with Crippen molar-refractivity contribution < 1.29 is 4.39 Å². The molecule has 0 spiro atoms. The molecule has 3 heteroatoms. The van der Waals surface area contributed by atoms with Crippen LogP contribution in [0.25, 0.3) is 0 Å². The Morgan fingerprint density at radius 2 is 1.58 bits per heavy atom. The van der Waals surface area contributed by atoms with Gasteiger partial charge in [-0.3, -0.25) is 0 Å². The Morgan fingerprint density at radius 1 is 1.05 bits per heavy atom. The molecule has 19 heavy (non-hydrogen) atoms. The van der Waals surface area contributed by atoms with Crippen molar-refractivity contribution in [3.8, 4) is 0 Å². The highest BCUT2D eigenvalue weighted by atomic mass is 19.1. The molecule has 1 unspecified atom stereocenters. The maximum atomic E-state index is 14.3. The molecule has 0 fully saturated rings. The molecule has 1 aromatic rings. The van der Waals surface area contributed by atoms with Crippen LogP contribution >= 0.6 is 0 Å². The van der Waals surface area contributed by atoms with Crippen LogP contribution < -0.4 is 10.6 Å². The molecule has 0 radical (unpaired) electrons. The summed E-state index contributed by atoms with van der Waals surface area (Å²) in [5, 5.41) is 0. The summed E-state index contributed by atoms with van der Waals surface area (Å²) < 4.78 is 14.3. The molecular weight excluding hydrogens is 239 g/mol. The molecule has 1 atom stereocenters. The number of hydrogen-bond donors (Lipinski definition) is 1. The third kappa shape index (κ3) is 4.50. The summed E-state index contributed by atoms with van der Waals surface area (Å²) in [6.45, 7) is 12.2. The highest BCUT2D eigenvalue weighted by Gasteiger charge is 2.19. The number of nitrogens with two attached hydrogens (primary N) is 1. The summed E-state index contributed by atoms with van der Waals surface area (Å²) in [6.07, 6.45) is 0. The second kappa shape index (κ2) is 6.90. The van der Waals surface area contributed by atoms with Gasteiger partial charge in [-0.05, 0) is 30.4 Å². The van der Waals surface area contributed by atoms with E-state index in [9.17, 15) is 4.39 Å². The second-order valence-corrected chi connectivity index (χ2v) is 6.16. The predicted molar refractivity (Wildman–Crippen MR) is 80.9 cm³/mol. The standard InChI is InChI=1S/C16H27FN2/c1-11(2)9-19(10-12(3)4)16-14(13(5)18)7-6-8-15(16)17/h6-8,11-13H,9-10,18H2,1-5H3. The van der Waals surface area contributed by atoms with Crippen LogP contribution in [0.1, 0.15) is 46.2 Å². The summed E-state index contributed by atoms with van der Waals surface area (Å²) in [5.41, 5.74) is 7.56. The van der Waals surface area contributed by atoms with E-state index >= 15 is 0 Å². The van der Waals surface area contributed by atoms with Crippen LogP contribution in [0.4, 0.5) is 10.1 Å². The fourth-order valence-corrected chi connectivity index (χ4v) is 2.37. The SMILES string of the molecule is CC(C)CN(CC(C)C)c1c(F)cccc1C(C)N. The number of anilines is 1. The minimum absolute atomic E-state index is 0.160. The molecule has 2 nitrogen and oxygen atoms in total. The van der Waals surface area contributed by atoms with E-state index in [0.29, 0.717) is 17.5 Å². The molecule has 1 aromatic carbocycles. The Hall–Kier alpha value is -1.09. The molecule has 0 saturated heterocycles. The van der Waals surface area contributed by atoms with Crippen molar-refractivity contribution in [1.29, 1.82) is 0 Å². The fraction of sp³-hybridized carbons (Fsp3) is 0.625. The lowest BCUT2D eigenvalue weighted by Crippen LogP contribution is -2.33. The lowest BCUT2D eigenvalue weighted by atomic mass is 10.0. The normalized spacial score (nSPS) is 13.1. The highest BCUT2D eigenvalue weighted by Crippen LogP contribution is 2.29. The first-order valence-electron chi connectivity index (χ1n) is 7.11. The van der Waals surface area contributed by atoms with Gasteiger partial charge in [0, 0.05) is 19.1 Å². The van der Waals surface area contributed by atoms with Gasteiger partial charge in [-0.15, -0.1) is 0 Å². The molecule has 108 valence electrons. The molecule has 1 rings (SSSR count). The van der Waals surface area contributed by atoms with Gasteiger partial charge in [-0.1, -0.05) is 39.8 Å². The molecule has 0 aromatic heterocycles. The van der Waals surface area contributed by atoms with E-state index in [0.717, 1.165) is 18.7 Å². The molecular formula is C16H27FN2. The lowest BCUT2D eigenvalue weighted by molar-refractivity contribution is 0.534. The number of benzene rings is 1. The molecule has 0 aliphatic heterocycles.